The Bertz CT molecular complexity index is 1560. The highest BCUT2D eigenvalue weighted by Gasteiger charge is 2.58. The number of carbonyl (C=O) groups excluding carboxylic acids is 2. The Labute approximate surface area is 244 Å². The van der Waals surface area contributed by atoms with Gasteiger partial charge in [-0.05, 0) is 67.8 Å². The number of amides is 2. The summed E-state index contributed by atoms with van der Waals surface area (Å²) in [5, 5.41) is 13.4. The molecule has 1 saturated carbocycles. The van der Waals surface area contributed by atoms with Crippen molar-refractivity contribution in [2.45, 2.75) is 49.5 Å². The predicted octanol–water partition coefficient (Wildman–Crippen LogP) is 4.14. The topological polar surface area (TPSA) is 133 Å². The van der Waals surface area contributed by atoms with Crippen LogP contribution in [0.3, 0.4) is 0 Å². The molecule has 5 rings (SSSR count). The number of aromatic nitrogens is 1. The maximum atomic E-state index is 14.7. The molecule has 1 aliphatic carbocycles. The molecular formula is C30H29F4N3O6. The Morgan fingerprint density at radius 3 is 2.42 bits per heavy atom. The van der Waals surface area contributed by atoms with Gasteiger partial charge in [-0.2, -0.15) is 13.2 Å². The van der Waals surface area contributed by atoms with Gasteiger partial charge in [0, 0.05) is 16.7 Å². The Hall–Kier alpha value is -4.39. The normalized spacial score (nSPS) is 19.1. The number of fused-ring (bicyclic) bond motifs is 1. The minimum atomic E-state index is -5.34. The molecule has 0 unspecified atom stereocenters. The molecule has 2 aromatic carbocycles. The van der Waals surface area contributed by atoms with Crippen molar-refractivity contribution in [1.82, 2.24) is 10.3 Å². The average Bonchev–Trinajstić information content (AvgIpc) is 3.71. The van der Waals surface area contributed by atoms with Crippen molar-refractivity contribution >= 4 is 11.8 Å². The van der Waals surface area contributed by atoms with Crippen molar-refractivity contribution < 1.29 is 46.5 Å². The lowest BCUT2D eigenvalue weighted by Crippen LogP contribution is -2.52. The van der Waals surface area contributed by atoms with Crippen molar-refractivity contribution in [2.24, 2.45) is 5.73 Å². The summed E-state index contributed by atoms with van der Waals surface area (Å²) in [6.45, 7) is 0.0203. The molecule has 2 atom stereocenters. The molecule has 2 amide bonds. The van der Waals surface area contributed by atoms with E-state index < -0.39 is 47.1 Å². The number of benzene rings is 2. The molecule has 0 radical (unpaired) electrons. The first-order chi connectivity index (χ1) is 20.3. The second-order valence-electron chi connectivity index (χ2n) is 10.6. The SMILES string of the molecule is CC[C@@]1(C(N)=O)COc2c1cc([C@@](O)(CNC(=O)c1ccc(OC3CC3)c(OC)c1)C(F)(F)F)nc2-c1ccc(F)cc1. The summed E-state index contributed by atoms with van der Waals surface area (Å²) in [7, 11) is 1.36. The van der Waals surface area contributed by atoms with E-state index in [1.807, 2.05) is 0 Å². The number of carbonyl (C=O) groups is 2. The van der Waals surface area contributed by atoms with Crippen LogP contribution >= 0.6 is 0 Å². The number of methoxy groups -OCH3 is 1. The van der Waals surface area contributed by atoms with E-state index >= 15 is 0 Å². The minimum Gasteiger partial charge on any atom is -0.493 e. The number of aliphatic hydroxyl groups is 1. The molecule has 228 valence electrons. The van der Waals surface area contributed by atoms with E-state index in [4.69, 9.17) is 19.9 Å². The van der Waals surface area contributed by atoms with Crippen molar-refractivity contribution in [2.75, 3.05) is 20.3 Å². The number of primary amides is 1. The molecular weight excluding hydrogens is 574 g/mol. The van der Waals surface area contributed by atoms with Crippen LogP contribution in [-0.2, 0) is 15.8 Å². The summed E-state index contributed by atoms with van der Waals surface area (Å²) in [5.41, 5.74) is -0.479. The number of halogens is 4. The largest absolute Gasteiger partial charge is 0.493 e. The monoisotopic (exact) mass is 603 g/mol. The zero-order valence-electron chi connectivity index (χ0n) is 23.3. The number of hydrogen-bond acceptors (Lipinski definition) is 7. The Morgan fingerprint density at radius 1 is 1.14 bits per heavy atom. The first-order valence-electron chi connectivity index (χ1n) is 13.5. The molecule has 9 nitrogen and oxygen atoms in total. The minimum absolute atomic E-state index is 0.00295. The summed E-state index contributed by atoms with van der Waals surface area (Å²) in [6.07, 6.45) is -3.47. The van der Waals surface area contributed by atoms with Crippen molar-refractivity contribution in [1.29, 1.82) is 0 Å². The van der Waals surface area contributed by atoms with E-state index in [0.717, 1.165) is 31.0 Å². The zero-order valence-corrected chi connectivity index (χ0v) is 23.3. The number of hydrogen-bond donors (Lipinski definition) is 3. The van der Waals surface area contributed by atoms with Crippen LogP contribution in [0.2, 0.25) is 0 Å². The second kappa shape index (κ2) is 11.0. The maximum Gasteiger partial charge on any atom is 0.424 e. The van der Waals surface area contributed by atoms with Crippen LogP contribution in [0.4, 0.5) is 17.6 Å². The third-order valence-electron chi connectivity index (χ3n) is 7.79. The van der Waals surface area contributed by atoms with E-state index in [0.29, 0.717) is 5.75 Å². The van der Waals surface area contributed by atoms with Crippen LogP contribution in [-0.4, -0.2) is 54.4 Å². The summed E-state index contributed by atoms with van der Waals surface area (Å²) >= 11 is 0. The standard InChI is InChI=1S/C30H29F4N3O6/c1-3-28(27(35)39)15-42-25-20(28)13-23(37-24(25)16-4-7-18(31)8-5-16)29(40,30(32,33)34)14-36-26(38)17-6-11-21(22(12-17)41-2)43-19-9-10-19/h4-8,11-13,19,40H,3,9-10,14-15H2,1-2H3,(H2,35,39)(H,36,38)/t28-,29+/m1/s1. The van der Waals surface area contributed by atoms with Crippen LogP contribution in [0.5, 0.6) is 17.2 Å². The fourth-order valence-electron chi connectivity index (χ4n) is 4.91. The molecule has 13 heteroatoms. The number of nitrogens with one attached hydrogen (secondary N) is 1. The highest BCUT2D eigenvalue weighted by Crippen LogP contribution is 2.49. The summed E-state index contributed by atoms with van der Waals surface area (Å²) in [4.78, 5) is 29.7. The van der Waals surface area contributed by atoms with Crippen LogP contribution in [0.15, 0.2) is 48.5 Å². The number of nitrogens with zero attached hydrogens (tertiary/aromatic N) is 1. The van der Waals surface area contributed by atoms with Gasteiger partial charge < -0.3 is 30.4 Å². The smallest absolute Gasteiger partial charge is 0.424 e. The Morgan fingerprint density at radius 2 is 1.84 bits per heavy atom. The quantitative estimate of drug-likeness (QED) is 0.297. The van der Waals surface area contributed by atoms with Crippen molar-refractivity contribution in [3.63, 3.8) is 0 Å². The van der Waals surface area contributed by atoms with Gasteiger partial charge >= 0.3 is 6.18 Å². The molecule has 43 heavy (non-hydrogen) atoms. The first-order valence-corrected chi connectivity index (χ1v) is 13.5. The molecule has 1 fully saturated rings. The summed E-state index contributed by atoms with van der Waals surface area (Å²) in [6, 6.07) is 9.81. The molecule has 4 N–H and O–H groups in total. The molecule has 2 heterocycles. The lowest BCUT2D eigenvalue weighted by Gasteiger charge is -2.32. The van der Waals surface area contributed by atoms with Crippen molar-refractivity contribution in [3.8, 4) is 28.5 Å². The fourth-order valence-corrected chi connectivity index (χ4v) is 4.91. The van der Waals surface area contributed by atoms with Gasteiger partial charge in [0.05, 0.1) is 25.5 Å². The first kappa shape index (κ1) is 30.1. The van der Waals surface area contributed by atoms with Gasteiger partial charge in [-0.3, -0.25) is 9.59 Å². The lowest BCUT2D eigenvalue weighted by atomic mass is 9.78. The average molecular weight is 604 g/mol. The van der Waals surface area contributed by atoms with E-state index in [2.05, 4.69) is 10.3 Å². The van der Waals surface area contributed by atoms with E-state index in [1.54, 1.807) is 6.92 Å². The van der Waals surface area contributed by atoms with Gasteiger partial charge in [-0.25, -0.2) is 9.37 Å². The summed E-state index contributed by atoms with van der Waals surface area (Å²) in [5.74, 6) is -1.77. The van der Waals surface area contributed by atoms with E-state index in [9.17, 15) is 32.3 Å². The Balaban J connectivity index is 1.55. The van der Waals surface area contributed by atoms with Gasteiger partial charge in [-0.1, -0.05) is 6.92 Å². The van der Waals surface area contributed by atoms with Crippen LogP contribution < -0.4 is 25.3 Å². The van der Waals surface area contributed by atoms with Gasteiger partial charge in [0.2, 0.25) is 11.5 Å². The van der Waals surface area contributed by atoms with Gasteiger partial charge in [0.1, 0.15) is 29.3 Å². The van der Waals surface area contributed by atoms with E-state index in [1.165, 1.54) is 37.4 Å². The molecule has 0 saturated heterocycles. The molecule has 1 aliphatic heterocycles. The molecule has 3 aromatic rings. The number of pyridine rings is 1. The third kappa shape index (κ3) is 5.44. The van der Waals surface area contributed by atoms with Gasteiger partial charge in [0.25, 0.3) is 5.91 Å². The number of rotatable bonds is 10. The van der Waals surface area contributed by atoms with Crippen LogP contribution in [0.1, 0.15) is 47.8 Å². The molecule has 0 spiro atoms. The molecule has 2 aliphatic rings. The maximum absolute atomic E-state index is 14.7. The van der Waals surface area contributed by atoms with Crippen LogP contribution in [0, 0.1) is 5.82 Å². The Kier molecular flexibility index (Phi) is 7.71. The summed E-state index contributed by atoms with van der Waals surface area (Å²) < 4.78 is 74.4. The van der Waals surface area contributed by atoms with Gasteiger partial charge in [-0.15, -0.1) is 0 Å². The number of ether oxygens (including phenoxy) is 3. The number of nitrogens with two attached hydrogens (primary N) is 1. The third-order valence-corrected chi connectivity index (χ3v) is 7.79. The fraction of sp³-hybridized carbons (Fsp3) is 0.367. The zero-order chi connectivity index (χ0) is 31.2. The molecule has 0 bridgehead atoms. The highest BCUT2D eigenvalue weighted by molar-refractivity contribution is 5.95. The highest BCUT2D eigenvalue weighted by atomic mass is 19.4. The van der Waals surface area contributed by atoms with Gasteiger partial charge in [0.15, 0.2) is 11.5 Å². The lowest BCUT2D eigenvalue weighted by molar-refractivity contribution is -0.265. The van der Waals surface area contributed by atoms with E-state index in [-0.39, 0.29) is 53.0 Å². The predicted molar refractivity (Wildman–Crippen MR) is 145 cm³/mol. The number of alkyl halides is 3. The van der Waals surface area contributed by atoms with Crippen LogP contribution in [0.25, 0.3) is 11.3 Å². The van der Waals surface area contributed by atoms with Crippen molar-refractivity contribution in [3.05, 3.63) is 71.2 Å². The molecule has 1 aromatic heterocycles. The second-order valence-corrected chi connectivity index (χ2v) is 10.6.